The fourth-order valence-corrected chi connectivity index (χ4v) is 3.25. The number of piperidine rings is 1. The number of nitrogens with zero attached hydrogens (tertiary/aromatic N) is 1. The molecule has 0 bridgehead atoms. The van der Waals surface area contributed by atoms with Crippen LogP contribution < -0.4 is 5.32 Å². The minimum absolute atomic E-state index is 0.0920. The maximum Gasteiger partial charge on any atom is 0.228 e. The van der Waals surface area contributed by atoms with E-state index in [4.69, 9.17) is 4.74 Å². The van der Waals surface area contributed by atoms with E-state index in [-0.39, 0.29) is 17.9 Å². The highest BCUT2D eigenvalue weighted by Gasteiger charge is 2.34. The number of amides is 1. The van der Waals surface area contributed by atoms with Gasteiger partial charge in [-0.1, -0.05) is 13.3 Å². The molecule has 2 fully saturated rings. The number of ether oxygens (including phenoxy) is 1. The van der Waals surface area contributed by atoms with Crippen molar-refractivity contribution in [3.05, 3.63) is 0 Å². The molecule has 1 N–H and O–H groups in total. The zero-order chi connectivity index (χ0) is 13.7. The van der Waals surface area contributed by atoms with E-state index in [0.29, 0.717) is 6.04 Å². The third-order valence-corrected chi connectivity index (χ3v) is 4.53. The summed E-state index contributed by atoms with van der Waals surface area (Å²) in [6.45, 7) is 4.84. The van der Waals surface area contributed by atoms with Crippen LogP contribution in [0.3, 0.4) is 0 Å². The summed E-state index contributed by atoms with van der Waals surface area (Å²) < 4.78 is 5.62. The Hall–Kier alpha value is -0.610. The van der Waals surface area contributed by atoms with Crippen LogP contribution in [0.25, 0.3) is 0 Å². The van der Waals surface area contributed by atoms with E-state index in [1.165, 1.54) is 19.3 Å². The standard InChI is InChI=1S/C15H28N2O2/c1-3-14-13(8-11-19-14)15(18)17(2)10-7-12-6-4-5-9-16-12/h12-14,16H,3-11H2,1-2H3. The largest absolute Gasteiger partial charge is 0.377 e. The Labute approximate surface area is 116 Å². The summed E-state index contributed by atoms with van der Waals surface area (Å²) in [6, 6.07) is 0.603. The van der Waals surface area contributed by atoms with Crippen molar-refractivity contribution >= 4 is 5.91 Å². The van der Waals surface area contributed by atoms with Gasteiger partial charge in [0, 0.05) is 26.2 Å². The molecule has 4 heteroatoms. The van der Waals surface area contributed by atoms with E-state index >= 15 is 0 Å². The molecular weight excluding hydrogens is 240 g/mol. The van der Waals surface area contributed by atoms with Gasteiger partial charge in [-0.2, -0.15) is 0 Å². The van der Waals surface area contributed by atoms with Crippen LogP contribution in [-0.4, -0.2) is 49.7 Å². The molecule has 2 saturated heterocycles. The van der Waals surface area contributed by atoms with Gasteiger partial charge in [0.2, 0.25) is 5.91 Å². The van der Waals surface area contributed by atoms with Gasteiger partial charge < -0.3 is 15.0 Å². The Morgan fingerprint density at radius 2 is 2.21 bits per heavy atom. The average Bonchev–Trinajstić information content (AvgIpc) is 2.93. The first-order chi connectivity index (χ1) is 9.22. The fourth-order valence-electron chi connectivity index (χ4n) is 3.25. The molecule has 2 rings (SSSR count). The van der Waals surface area contributed by atoms with Crippen molar-refractivity contribution in [3.63, 3.8) is 0 Å². The first-order valence-electron chi connectivity index (χ1n) is 7.82. The molecule has 0 aromatic heterocycles. The number of carbonyl (C=O) groups excluding carboxylic acids is 1. The molecular formula is C15H28N2O2. The molecule has 3 unspecified atom stereocenters. The first kappa shape index (κ1) is 14.8. The van der Waals surface area contributed by atoms with Gasteiger partial charge in [0.1, 0.15) is 0 Å². The summed E-state index contributed by atoms with van der Waals surface area (Å²) in [5.41, 5.74) is 0. The van der Waals surface area contributed by atoms with Crippen LogP contribution in [0.5, 0.6) is 0 Å². The van der Waals surface area contributed by atoms with E-state index in [9.17, 15) is 4.79 Å². The molecule has 0 aliphatic carbocycles. The predicted octanol–water partition coefficient (Wildman–Crippen LogP) is 1.79. The summed E-state index contributed by atoms with van der Waals surface area (Å²) in [4.78, 5) is 14.3. The van der Waals surface area contributed by atoms with Crippen LogP contribution in [0.1, 0.15) is 45.4 Å². The molecule has 0 spiro atoms. The number of carbonyl (C=O) groups is 1. The van der Waals surface area contributed by atoms with Gasteiger partial charge in [0.25, 0.3) is 0 Å². The maximum absolute atomic E-state index is 12.4. The molecule has 4 nitrogen and oxygen atoms in total. The van der Waals surface area contributed by atoms with Gasteiger partial charge in [-0.15, -0.1) is 0 Å². The highest BCUT2D eigenvalue weighted by Crippen LogP contribution is 2.25. The Balaban J connectivity index is 1.75. The van der Waals surface area contributed by atoms with Crippen LogP contribution in [0, 0.1) is 5.92 Å². The molecule has 0 radical (unpaired) electrons. The summed E-state index contributed by atoms with van der Waals surface area (Å²) in [5, 5.41) is 3.54. The Morgan fingerprint density at radius 3 is 2.89 bits per heavy atom. The van der Waals surface area contributed by atoms with E-state index in [2.05, 4.69) is 12.2 Å². The van der Waals surface area contributed by atoms with Crippen LogP contribution in [-0.2, 0) is 9.53 Å². The lowest BCUT2D eigenvalue weighted by Crippen LogP contribution is -2.41. The number of hydrogen-bond acceptors (Lipinski definition) is 3. The molecule has 2 aliphatic rings. The molecule has 1 amide bonds. The van der Waals surface area contributed by atoms with Gasteiger partial charge in [-0.3, -0.25) is 4.79 Å². The third kappa shape index (κ3) is 3.93. The van der Waals surface area contributed by atoms with Crippen molar-refractivity contribution in [1.29, 1.82) is 0 Å². The SMILES string of the molecule is CCC1OCCC1C(=O)N(C)CCC1CCCCN1. The highest BCUT2D eigenvalue weighted by atomic mass is 16.5. The third-order valence-electron chi connectivity index (χ3n) is 4.53. The Morgan fingerprint density at radius 1 is 1.37 bits per heavy atom. The molecule has 19 heavy (non-hydrogen) atoms. The van der Waals surface area contributed by atoms with Crippen molar-refractivity contribution in [2.45, 2.75) is 57.6 Å². The molecule has 110 valence electrons. The molecule has 2 aliphatic heterocycles. The lowest BCUT2D eigenvalue weighted by atomic mass is 9.97. The number of hydrogen-bond donors (Lipinski definition) is 1. The topological polar surface area (TPSA) is 41.6 Å². The maximum atomic E-state index is 12.4. The Bertz CT molecular complexity index is 290. The fraction of sp³-hybridized carbons (Fsp3) is 0.933. The van der Waals surface area contributed by atoms with Crippen LogP contribution in [0.15, 0.2) is 0 Å². The number of nitrogens with one attached hydrogen (secondary N) is 1. The second-order valence-electron chi connectivity index (χ2n) is 5.91. The normalized spacial score (nSPS) is 31.4. The minimum atomic E-state index is 0.0920. The zero-order valence-corrected chi connectivity index (χ0v) is 12.4. The van der Waals surface area contributed by atoms with E-state index in [1.807, 2.05) is 11.9 Å². The Kier molecular flexibility index (Phi) is 5.64. The lowest BCUT2D eigenvalue weighted by Gasteiger charge is -2.28. The molecule has 0 aromatic rings. The van der Waals surface area contributed by atoms with Crippen molar-refractivity contribution in [2.75, 3.05) is 26.7 Å². The van der Waals surface area contributed by atoms with E-state index in [1.54, 1.807) is 0 Å². The number of rotatable bonds is 5. The van der Waals surface area contributed by atoms with Gasteiger partial charge in [0.05, 0.1) is 12.0 Å². The van der Waals surface area contributed by atoms with Crippen molar-refractivity contribution in [3.8, 4) is 0 Å². The van der Waals surface area contributed by atoms with Gasteiger partial charge in [-0.05, 0) is 38.6 Å². The highest BCUT2D eigenvalue weighted by molar-refractivity contribution is 5.79. The monoisotopic (exact) mass is 268 g/mol. The zero-order valence-electron chi connectivity index (χ0n) is 12.4. The minimum Gasteiger partial charge on any atom is -0.377 e. The van der Waals surface area contributed by atoms with Crippen molar-refractivity contribution in [1.82, 2.24) is 10.2 Å². The quantitative estimate of drug-likeness (QED) is 0.826. The average molecular weight is 268 g/mol. The van der Waals surface area contributed by atoms with E-state index < -0.39 is 0 Å². The second-order valence-corrected chi connectivity index (χ2v) is 5.91. The first-order valence-corrected chi connectivity index (χ1v) is 7.82. The van der Waals surface area contributed by atoms with Gasteiger partial charge >= 0.3 is 0 Å². The van der Waals surface area contributed by atoms with Crippen LogP contribution in [0.2, 0.25) is 0 Å². The summed E-state index contributed by atoms with van der Waals surface area (Å²) >= 11 is 0. The van der Waals surface area contributed by atoms with Crippen molar-refractivity contribution < 1.29 is 9.53 Å². The van der Waals surface area contributed by atoms with Gasteiger partial charge in [0.15, 0.2) is 0 Å². The summed E-state index contributed by atoms with van der Waals surface area (Å²) in [7, 11) is 1.94. The summed E-state index contributed by atoms with van der Waals surface area (Å²) in [5.74, 6) is 0.370. The molecule has 3 atom stereocenters. The van der Waals surface area contributed by atoms with Crippen LogP contribution in [0.4, 0.5) is 0 Å². The lowest BCUT2D eigenvalue weighted by molar-refractivity contribution is -0.136. The molecule has 2 heterocycles. The second kappa shape index (κ2) is 7.25. The summed E-state index contributed by atoms with van der Waals surface area (Å²) in [6.07, 6.45) is 6.92. The molecule has 0 aromatic carbocycles. The van der Waals surface area contributed by atoms with Crippen LogP contribution >= 0.6 is 0 Å². The van der Waals surface area contributed by atoms with E-state index in [0.717, 1.165) is 39.0 Å². The predicted molar refractivity (Wildman–Crippen MR) is 76.0 cm³/mol. The molecule has 0 saturated carbocycles. The van der Waals surface area contributed by atoms with Crippen molar-refractivity contribution in [2.24, 2.45) is 5.92 Å². The smallest absolute Gasteiger partial charge is 0.228 e. The van der Waals surface area contributed by atoms with Gasteiger partial charge in [-0.25, -0.2) is 0 Å².